The Bertz CT molecular complexity index is 343. The van der Waals surface area contributed by atoms with Crippen LogP contribution in [0.1, 0.15) is 23.5 Å². The van der Waals surface area contributed by atoms with Crippen molar-refractivity contribution in [3.8, 4) is 0 Å². The first-order valence-corrected chi connectivity index (χ1v) is 4.85. The van der Waals surface area contributed by atoms with Gasteiger partial charge < -0.3 is 5.32 Å². The molecule has 0 radical (unpaired) electrons. The minimum atomic E-state index is -0.415. The fourth-order valence-electron chi connectivity index (χ4n) is 1.95. The van der Waals surface area contributed by atoms with Crippen molar-refractivity contribution in [3.05, 3.63) is 34.9 Å². The highest BCUT2D eigenvalue weighted by atomic mass is 19.1. The van der Waals surface area contributed by atoms with E-state index in [-0.39, 0.29) is 17.3 Å². The molecule has 1 aliphatic heterocycles. The van der Waals surface area contributed by atoms with Crippen molar-refractivity contribution >= 4 is 0 Å². The highest BCUT2D eigenvalue weighted by Crippen LogP contribution is 2.28. The lowest BCUT2D eigenvalue weighted by Crippen LogP contribution is -2.11. The Morgan fingerprint density at radius 1 is 1.36 bits per heavy atom. The summed E-state index contributed by atoms with van der Waals surface area (Å²) in [6.45, 7) is 3.19. The second kappa shape index (κ2) is 3.65. The molecule has 0 spiro atoms. The SMILES string of the molecule is Cc1ccc(F)c(C2CCNC2)c1F. The van der Waals surface area contributed by atoms with Gasteiger partial charge in [0.1, 0.15) is 11.6 Å². The van der Waals surface area contributed by atoms with Crippen molar-refractivity contribution in [1.82, 2.24) is 5.32 Å². The number of hydrogen-bond donors (Lipinski definition) is 1. The van der Waals surface area contributed by atoms with Crippen LogP contribution in [-0.2, 0) is 0 Å². The van der Waals surface area contributed by atoms with Crippen LogP contribution >= 0.6 is 0 Å². The van der Waals surface area contributed by atoms with E-state index < -0.39 is 5.82 Å². The van der Waals surface area contributed by atoms with E-state index in [2.05, 4.69) is 5.32 Å². The molecule has 0 aromatic heterocycles. The van der Waals surface area contributed by atoms with Crippen LogP contribution in [0.15, 0.2) is 12.1 Å². The Hall–Kier alpha value is -0.960. The minimum absolute atomic E-state index is 0.00472. The molecule has 14 heavy (non-hydrogen) atoms. The van der Waals surface area contributed by atoms with E-state index in [4.69, 9.17) is 0 Å². The fraction of sp³-hybridized carbons (Fsp3) is 0.455. The van der Waals surface area contributed by atoms with Crippen molar-refractivity contribution in [2.24, 2.45) is 0 Å². The molecule has 0 saturated carbocycles. The van der Waals surface area contributed by atoms with E-state index in [1.807, 2.05) is 0 Å². The lowest BCUT2D eigenvalue weighted by atomic mass is 9.95. The van der Waals surface area contributed by atoms with Gasteiger partial charge in [0, 0.05) is 18.0 Å². The van der Waals surface area contributed by atoms with Crippen LogP contribution in [0.3, 0.4) is 0 Å². The van der Waals surface area contributed by atoms with Crippen LogP contribution in [0.4, 0.5) is 8.78 Å². The number of benzene rings is 1. The second-order valence-electron chi connectivity index (χ2n) is 3.78. The summed E-state index contributed by atoms with van der Waals surface area (Å²) in [4.78, 5) is 0. The molecule has 3 heteroatoms. The molecule has 1 saturated heterocycles. The Morgan fingerprint density at radius 2 is 2.14 bits per heavy atom. The molecule has 1 heterocycles. The van der Waals surface area contributed by atoms with Gasteiger partial charge >= 0.3 is 0 Å². The van der Waals surface area contributed by atoms with Gasteiger partial charge in [-0.3, -0.25) is 0 Å². The van der Waals surface area contributed by atoms with Gasteiger partial charge in [0.2, 0.25) is 0 Å². The number of hydrogen-bond acceptors (Lipinski definition) is 1. The van der Waals surface area contributed by atoms with Crippen molar-refractivity contribution in [2.75, 3.05) is 13.1 Å². The van der Waals surface area contributed by atoms with E-state index in [9.17, 15) is 8.78 Å². The maximum atomic E-state index is 13.6. The molecule has 1 aromatic rings. The number of aryl methyl sites for hydroxylation is 1. The first kappa shape index (κ1) is 9.59. The number of nitrogens with one attached hydrogen (secondary N) is 1. The fourth-order valence-corrected chi connectivity index (χ4v) is 1.95. The summed E-state index contributed by atoms with van der Waals surface area (Å²) in [5.41, 5.74) is 0.781. The van der Waals surface area contributed by atoms with Crippen molar-refractivity contribution in [3.63, 3.8) is 0 Å². The number of rotatable bonds is 1. The van der Waals surface area contributed by atoms with Crippen molar-refractivity contribution in [1.29, 1.82) is 0 Å². The van der Waals surface area contributed by atoms with Crippen LogP contribution in [0.5, 0.6) is 0 Å². The molecular weight excluding hydrogens is 184 g/mol. The van der Waals surface area contributed by atoms with E-state index >= 15 is 0 Å². The van der Waals surface area contributed by atoms with Gasteiger partial charge in [-0.25, -0.2) is 8.78 Å². The van der Waals surface area contributed by atoms with E-state index in [1.54, 1.807) is 6.92 Å². The summed E-state index contributed by atoms with van der Waals surface area (Å²) >= 11 is 0. The maximum Gasteiger partial charge on any atom is 0.132 e. The van der Waals surface area contributed by atoms with Crippen LogP contribution < -0.4 is 5.32 Å². The molecule has 1 nitrogen and oxygen atoms in total. The second-order valence-corrected chi connectivity index (χ2v) is 3.78. The zero-order valence-corrected chi connectivity index (χ0v) is 8.11. The summed E-state index contributed by atoms with van der Waals surface area (Å²) in [6.07, 6.45) is 0.817. The molecule has 1 aliphatic rings. The van der Waals surface area contributed by atoms with Gasteiger partial charge in [-0.05, 0) is 31.5 Å². The quantitative estimate of drug-likeness (QED) is 0.728. The molecule has 2 rings (SSSR count). The Kier molecular flexibility index (Phi) is 2.50. The van der Waals surface area contributed by atoms with Crippen LogP contribution in [0, 0.1) is 18.6 Å². The smallest absolute Gasteiger partial charge is 0.132 e. The van der Waals surface area contributed by atoms with Crippen molar-refractivity contribution in [2.45, 2.75) is 19.3 Å². The third kappa shape index (κ3) is 1.52. The minimum Gasteiger partial charge on any atom is -0.316 e. The molecule has 1 atom stereocenters. The van der Waals surface area contributed by atoms with E-state index in [1.165, 1.54) is 12.1 Å². The average Bonchev–Trinajstić information content (AvgIpc) is 2.65. The summed E-state index contributed by atoms with van der Waals surface area (Å²) in [5.74, 6) is -0.796. The molecule has 1 N–H and O–H groups in total. The predicted molar refractivity (Wildman–Crippen MR) is 51.3 cm³/mol. The Balaban J connectivity index is 2.44. The normalized spacial score (nSPS) is 21.5. The maximum absolute atomic E-state index is 13.6. The van der Waals surface area contributed by atoms with Gasteiger partial charge in [0.25, 0.3) is 0 Å². The van der Waals surface area contributed by atoms with Crippen LogP contribution in [-0.4, -0.2) is 13.1 Å². The molecule has 0 bridgehead atoms. The van der Waals surface area contributed by atoms with Gasteiger partial charge in [-0.2, -0.15) is 0 Å². The predicted octanol–water partition coefficient (Wildman–Crippen LogP) is 2.35. The lowest BCUT2D eigenvalue weighted by Gasteiger charge is -2.12. The zero-order valence-electron chi connectivity index (χ0n) is 8.11. The van der Waals surface area contributed by atoms with E-state index in [0.29, 0.717) is 12.1 Å². The van der Waals surface area contributed by atoms with E-state index in [0.717, 1.165) is 13.0 Å². The molecule has 0 amide bonds. The summed E-state index contributed by atoms with van der Waals surface area (Å²) in [5, 5.41) is 3.11. The number of halogens is 2. The Morgan fingerprint density at radius 3 is 2.79 bits per heavy atom. The van der Waals surface area contributed by atoms with Crippen LogP contribution in [0.2, 0.25) is 0 Å². The van der Waals surface area contributed by atoms with Gasteiger partial charge in [0.15, 0.2) is 0 Å². The highest BCUT2D eigenvalue weighted by Gasteiger charge is 2.24. The van der Waals surface area contributed by atoms with Gasteiger partial charge in [0.05, 0.1) is 0 Å². The third-order valence-corrected chi connectivity index (χ3v) is 2.79. The molecule has 76 valence electrons. The molecular formula is C11H13F2N. The molecule has 1 aromatic carbocycles. The summed E-state index contributed by atoms with van der Waals surface area (Å²) in [6, 6.07) is 2.84. The largest absolute Gasteiger partial charge is 0.316 e. The topological polar surface area (TPSA) is 12.0 Å². The zero-order chi connectivity index (χ0) is 10.1. The average molecular weight is 197 g/mol. The molecule has 1 fully saturated rings. The van der Waals surface area contributed by atoms with Crippen molar-refractivity contribution < 1.29 is 8.78 Å². The van der Waals surface area contributed by atoms with Gasteiger partial charge in [-0.15, -0.1) is 0 Å². The molecule has 0 aliphatic carbocycles. The van der Waals surface area contributed by atoms with Gasteiger partial charge in [-0.1, -0.05) is 6.07 Å². The summed E-state index contributed by atoms with van der Waals surface area (Å²) < 4.78 is 27.1. The Labute approximate surface area is 82.1 Å². The lowest BCUT2D eigenvalue weighted by molar-refractivity contribution is 0.527. The third-order valence-electron chi connectivity index (χ3n) is 2.79. The molecule has 1 unspecified atom stereocenters. The first-order chi connectivity index (χ1) is 6.70. The highest BCUT2D eigenvalue weighted by molar-refractivity contribution is 5.30. The van der Waals surface area contributed by atoms with Crippen LogP contribution in [0.25, 0.3) is 0 Å². The summed E-state index contributed by atoms with van der Waals surface area (Å²) in [7, 11) is 0. The monoisotopic (exact) mass is 197 g/mol. The standard InChI is InChI=1S/C11H13F2N/c1-7-2-3-9(12)10(11(7)13)8-4-5-14-6-8/h2-3,8,14H,4-6H2,1H3. The first-order valence-electron chi connectivity index (χ1n) is 4.85.